The van der Waals surface area contributed by atoms with Crippen LogP contribution in [0.3, 0.4) is 0 Å². The van der Waals surface area contributed by atoms with Crippen molar-refractivity contribution in [2.24, 2.45) is 0 Å². The van der Waals surface area contributed by atoms with Crippen LogP contribution in [0.5, 0.6) is 0 Å². The van der Waals surface area contributed by atoms with Crippen LogP contribution in [-0.4, -0.2) is 31.7 Å². The van der Waals surface area contributed by atoms with E-state index in [9.17, 15) is 9.59 Å². The van der Waals surface area contributed by atoms with Gasteiger partial charge in [-0.2, -0.15) is 0 Å². The lowest BCUT2D eigenvalue weighted by atomic mass is 10.1. The van der Waals surface area contributed by atoms with E-state index in [1.54, 1.807) is 6.92 Å². The molecule has 0 rings (SSSR count). The minimum Gasteiger partial charge on any atom is -0.465 e. The lowest BCUT2D eigenvalue weighted by Gasteiger charge is -2.06. The largest absolute Gasteiger partial charge is 0.465 e. The van der Waals surface area contributed by atoms with Gasteiger partial charge in [-0.3, -0.25) is 4.79 Å². The second-order valence-electron chi connectivity index (χ2n) is 7.05. The highest BCUT2D eigenvalue weighted by Gasteiger charge is 2.04. The Morgan fingerprint density at radius 3 is 1.86 bits per heavy atom. The van der Waals surface area contributed by atoms with Crippen molar-refractivity contribution < 1.29 is 14.3 Å². The molecule has 0 unspecified atom stereocenters. The number of hydrogen-bond donors (Lipinski definition) is 2. The number of nitrogens with one attached hydrogen (secondary N) is 2. The molecule has 2 amide bonds. The van der Waals surface area contributed by atoms with Gasteiger partial charge in [-0.15, -0.1) is 0 Å². The zero-order chi connectivity index (χ0) is 21.4. The number of carbonyl (C=O) groups is 2. The monoisotopic (exact) mass is 404 g/mol. The highest BCUT2D eigenvalue weighted by molar-refractivity contribution is 5.80. The second kappa shape index (κ2) is 22.2. The molecule has 0 radical (unpaired) electrons. The van der Waals surface area contributed by atoms with Gasteiger partial charge >= 0.3 is 12.0 Å². The van der Waals surface area contributed by atoms with Crippen LogP contribution in [0.25, 0.3) is 0 Å². The number of rotatable bonds is 16. The quantitative estimate of drug-likeness (QED) is 0.217. The molecule has 0 saturated carbocycles. The summed E-state index contributed by atoms with van der Waals surface area (Å²) >= 11 is 0. The Morgan fingerprint density at radius 1 is 0.724 bits per heavy atom. The summed E-state index contributed by atoms with van der Waals surface area (Å²) in [6, 6.07) is -0.373. The number of amides is 2. The molecule has 0 bridgehead atoms. The summed E-state index contributed by atoms with van der Waals surface area (Å²) in [6.45, 7) is 4.68. The predicted molar refractivity (Wildman–Crippen MR) is 119 cm³/mol. The van der Waals surface area contributed by atoms with Crippen LogP contribution in [0, 0.1) is 23.7 Å². The topological polar surface area (TPSA) is 67.4 Å². The maximum Gasteiger partial charge on any atom is 0.325 e. The van der Waals surface area contributed by atoms with E-state index in [2.05, 4.69) is 41.2 Å². The Hall–Kier alpha value is -2.14. The average molecular weight is 405 g/mol. The molecule has 2 N–H and O–H groups in total. The number of urea groups is 1. The van der Waals surface area contributed by atoms with Gasteiger partial charge < -0.3 is 15.4 Å². The van der Waals surface area contributed by atoms with Crippen molar-refractivity contribution in [3.05, 3.63) is 0 Å². The lowest BCUT2D eigenvalue weighted by molar-refractivity contribution is -0.141. The van der Waals surface area contributed by atoms with Gasteiger partial charge in [-0.25, -0.2) is 4.79 Å². The number of unbranched alkanes of at least 4 members (excludes halogenated alkanes) is 11. The van der Waals surface area contributed by atoms with Crippen LogP contribution >= 0.6 is 0 Å². The average Bonchev–Trinajstić information content (AvgIpc) is 2.71. The third-order valence-corrected chi connectivity index (χ3v) is 4.36. The van der Waals surface area contributed by atoms with Crippen molar-refractivity contribution >= 4 is 12.0 Å². The van der Waals surface area contributed by atoms with E-state index < -0.39 is 5.97 Å². The fourth-order valence-electron chi connectivity index (χ4n) is 2.72. The molecule has 0 aromatic heterocycles. The van der Waals surface area contributed by atoms with Crippen molar-refractivity contribution in [2.75, 3.05) is 19.7 Å². The fourth-order valence-corrected chi connectivity index (χ4v) is 2.72. The molecule has 0 aliphatic carbocycles. The molecule has 5 nitrogen and oxygen atoms in total. The maximum absolute atomic E-state index is 11.4. The van der Waals surface area contributed by atoms with Crippen molar-refractivity contribution in [3.8, 4) is 23.7 Å². The van der Waals surface area contributed by atoms with E-state index in [0.717, 1.165) is 19.3 Å². The molecule has 0 aromatic rings. The molecule has 0 saturated heterocycles. The van der Waals surface area contributed by atoms with Gasteiger partial charge in [0.2, 0.25) is 0 Å². The third kappa shape index (κ3) is 22.0. The fraction of sp³-hybridized carbons (Fsp3) is 0.750. The van der Waals surface area contributed by atoms with Crippen LogP contribution in [-0.2, 0) is 9.53 Å². The van der Waals surface area contributed by atoms with E-state index in [1.807, 2.05) is 0 Å². The Morgan fingerprint density at radius 2 is 1.28 bits per heavy atom. The molecular formula is C24H40N2O3. The first-order chi connectivity index (χ1) is 14.2. The Balaban J connectivity index is 3.42. The molecule has 0 spiro atoms. The highest BCUT2D eigenvalue weighted by Crippen LogP contribution is 2.10. The summed E-state index contributed by atoms with van der Waals surface area (Å²) in [6.07, 6.45) is 15.7. The van der Waals surface area contributed by atoms with Crippen molar-refractivity contribution in [1.29, 1.82) is 0 Å². The van der Waals surface area contributed by atoms with Gasteiger partial charge in [0, 0.05) is 19.4 Å². The standard InChI is InChI=1S/C24H40N2O3/c1-3-5-6-7-8-9-10-11-12-13-14-15-16-17-18-19-20-21-25-24(28)26-22-23(27)29-4-2/h3-14,19-22H2,1-2H3,(H2,25,26,28). The number of esters is 1. The first kappa shape index (κ1) is 26.9. The van der Waals surface area contributed by atoms with Crippen molar-refractivity contribution in [2.45, 2.75) is 97.3 Å². The van der Waals surface area contributed by atoms with Crippen LogP contribution in [0.2, 0.25) is 0 Å². The maximum atomic E-state index is 11.4. The summed E-state index contributed by atoms with van der Waals surface area (Å²) in [5.41, 5.74) is 0. The molecule has 5 heteroatoms. The van der Waals surface area contributed by atoms with Gasteiger partial charge in [0.25, 0.3) is 0 Å². The first-order valence-corrected chi connectivity index (χ1v) is 11.3. The van der Waals surface area contributed by atoms with Crippen molar-refractivity contribution in [1.82, 2.24) is 10.6 Å². The molecule has 29 heavy (non-hydrogen) atoms. The Labute approximate surface area is 178 Å². The smallest absolute Gasteiger partial charge is 0.325 e. The summed E-state index contributed by atoms with van der Waals surface area (Å²) in [4.78, 5) is 22.5. The molecule has 0 fully saturated rings. The summed E-state index contributed by atoms with van der Waals surface area (Å²) in [5, 5.41) is 5.11. The molecule has 164 valence electrons. The van der Waals surface area contributed by atoms with E-state index in [0.29, 0.717) is 19.6 Å². The van der Waals surface area contributed by atoms with Gasteiger partial charge in [0.05, 0.1) is 6.61 Å². The third-order valence-electron chi connectivity index (χ3n) is 4.36. The molecule has 0 heterocycles. The van der Waals surface area contributed by atoms with E-state index in [4.69, 9.17) is 4.74 Å². The Kier molecular flexibility index (Phi) is 20.5. The van der Waals surface area contributed by atoms with Crippen LogP contribution < -0.4 is 10.6 Å². The van der Waals surface area contributed by atoms with Gasteiger partial charge in [-0.05, 0) is 31.6 Å². The zero-order valence-electron chi connectivity index (χ0n) is 18.5. The molecule has 0 aromatic carbocycles. The van der Waals surface area contributed by atoms with Crippen LogP contribution in [0.15, 0.2) is 0 Å². The van der Waals surface area contributed by atoms with Gasteiger partial charge in [0.15, 0.2) is 0 Å². The van der Waals surface area contributed by atoms with Crippen molar-refractivity contribution in [3.63, 3.8) is 0 Å². The van der Waals surface area contributed by atoms with E-state index in [-0.39, 0.29) is 12.6 Å². The minimum atomic E-state index is -0.440. The Bertz CT molecular complexity index is 538. The summed E-state index contributed by atoms with van der Waals surface area (Å²) in [5.74, 6) is 11.4. The molecule has 0 aliphatic rings. The number of hydrogen-bond acceptors (Lipinski definition) is 3. The SMILES string of the molecule is CCCCCCCCCCCCC#CC#CCCCNC(=O)NCC(=O)OCC. The molecule has 0 aliphatic heterocycles. The number of carbonyl (C=O) groups excluding carboxylic acids is 2. The van der Waals surface area contributed by atoms with E-state index >= 15 is 0 Å². The minimum absolute atomic E-state index is 0.117. The lowest BCUT2D eigenvalue weighted by Crippen LogP contribution is -2.39. The summed E-state index contributed by atoms with van der Waals surface area (Å²) < 4.78 is 4.72. The van der Waals surface area contributed by atoms with Crippen LogP contribution in [0.4, 0.5) is 4.79 Å². The van der Waals surface area contributed by atoms with E-state index in [1.165, 1.54) is 57.8 Å². The zero-order valence-corrected chi connectivity index (χ0v) is 18.5. The number of ether oxygens (including phenoxy) is 1. The summed E-state index contributed by atoms with van der Waals surface area (Å²) in [7, 11) is 0. The van der Waals surface area contributed by atoms with Crippen LogP contribution in [0.1, 0.15) is 97.3 Å². The van der Waals surface area contributed by atoms with Gasteiger partial charge in [0.1, 0.15) is 6.54 Å². The second-order valence-corrected chi connectivity index (χ2v) is 7.05. The highest BCUT2D eigenvalue weighted by atomic mass is 16.5. The van der Waals surface area contributed by atoms with Gasteiger partial charge in [-0.1, -0.05) is 76.6 Å². The molecular weight excluding hydrogens is 364 g/mol. The predicted octanol–water partition coefficient (Wildman–Crippen LogP) is 4.95. The first-order valence-electron chi connectivity index (χ1n) is 11.3. The normalized spacial score (nSPS) is 9.59. The molecule has 0 atom stereocenters.